The number of aryl methyl sites for hydroxylation is 1. The number of nitrogens with one attached hydrogen (secondary N) is 1. The maximum atomic E-state index is 15.6. The molecule has 0 radical (unpaired) electrons. The van der Waals surface area contributed by atoms with E-state index in [2.05, 4.69) is 16.8 Å². The van der Waals surface area contributed by atoms with Gasteiger partial charge in [0, 0.05) is 77.1 Å². The molecule has 13 nitrogen and oxygen atoms in total. The van der Waals surface area contributed by atoms with E-state index in [4.69, 9.17) is 20.8 Å². The molecule has 16 heteroatoms. The van der Waals surface area contributed by atoms with Gasteiger partial charge in [0.2, 0.25) is 0 Å². The molecule has 1 saturated carbocycles. The quantitative estimate of drug-likeness (QED) is 0.327. The van der Waals surface area contributed by atoms with Crippen LogP contribution in [0, 0.1) is 12.7 Å². The number of nitrogens with zero attached hydrogens (tertiary/aromatic N) is 5. The van der Waals surface area contributed by atoms with Gasteiger partial charge in [0.15, 0.2) is 0 Å². The molecule has 3 heterocycles. The summed E-state index contributed by atoms with van der Waals surface area (Å²) in [5.74, 6) is -2.71. The molecule has 2 fully saturated rings. The van der Waals surface area contributed by atoms with Crippen molar-refractivity contribution in [2.75, 3.05) is 77.9 Å². The molecule has 0 spiro atoms. The monoisotopic (exact) mass is 732 g/mol. The van der Waals surface area contributed by atoms with Crippen molar-refractivity contribution in [1.82, 2.24) is 18.8 Å². The van der Waals surface area contributed by atoms with Gasteiger partial charge in [-0.15, -0.1) is 0 Å². The molecule has 6 rings (SSSR count). The molecule has 2 amide bonds. The number of hydrogen-bond acceptors (Lipinski definition) is 10. The molecule has 0 bridgehead atoms. The maximum Gasteiger partial charge on any atom is 0.341 e. The van der Waals surface area contributed by atoms with Crippen LogP contribution >= 0.6 is 11.6 Å². The fourth-order valence-electron chi connectivity index (χ4n) is 6.87. The number of rotatable bonds is 9. The number of carbonyl (C=O) groups is 2. The molecule has 270 valence electrons. The van der Waals surface area contributed by atoms with E-state index in [0.717, 1.165) is 34.7 Å². The summed E-state index contributed by atoms with van der Waals surface area (Å²) < 4.78 is 55.5. The lowest BCUT2D eigenvalue weighted by Crippen LogP contribution is -2.53. The zero-order chi connectivity index (χ0) is 36.2. The van der Waals surface area contributed by atoms with Gasteiger partial charge >= 0.3 is 15.8 Å². The zero-order valence-corrected chi connectivity index (χ0v) is 30.6. The first kappa shape index (κ1) is 36.0. The third kappa shape index (κ3) is 6.68. The van der Waals surface area contributed by atoms with Gasteiger partial charge in [-0.05, 0) is 57.0 Å². The summed E-state index contributed by atoms with van der Waals surface area (Å²) in [5, 5.41) is 1.05. The minimum Gasteiger partial charge on any atom is -0.422 e. The summed E-state index contributed by atoms with van der Waals surface area (Å²) in [6, 6.07) is 3.98. The molecule has 2 aliphatic heterocycles. The van der Waals surface area contributed by atoms with Gasteiger partial charge in [-0.1, -0.05) is 11.6 Å². The van der Waals surface area contributed by atoms with Crippen LogP contribution in [0.4, 0.5) is 15.8 Å². The Morgan fingerprint density at radius 3 is 2.48 bits per heavy atom. The molecule has 0 unspecified atom stereocenters. The maximum absolute atomic E-state index is 15.6. The van der Waals surface area contributed by atoms with Crippen LogP contribution in [0.25, 0.3) is 11.0 Å². The van der Waals surface area contributed by atoms with Gasteiger partial charge in [0.25, 0.3) is 11.8 Å². The molecule has 1 N–H and O–H groups in total. The molecule has 1 atom stereocenters. The number of likely N-dealkylation sites (N-methyl/N-ethyl adjacent to an activating group) is 1. The fraction of sp³-hybridized carbons (Fsp3) is 0.500. The molecule has 1 saturated heterocycles. The second-order valence-electron chi connectivity index (χ2n) is 13.5. The number of anilines is 2. The van der Waals surface area contributed by atoms with Crippen LogP contribution in [0.1, 0.15) is 50.2 Å². The van der Waals surface area contributed by atoms with Gasteiger partial charge in [-0.3, -0.25) is 14.5 Å². The standard InChI is InChI=1S/C34H42ClFN6O7S/c1-19-28(41-12-11-39(4)21(16-41)18-48-6)15-26(35)30-22-9-10-42(17-25(22)34(45)49-31(19)30)33(44)23-14-29(38(2)3)24(13-27(23)36)32(43)37-50(46,47)40(5)20-7-8-20/h13-15,20-21H,7-12,16-18H2,1-6H3,(H,37,43)/t21-/m1/s1. The Kier molecular flexibility index (Phi) is 9.91. The van der Waals surface area contributed by atoms with Crippen molar-refractivity contribution in [2.24, 2.45) is 0 Å². The van der Waals surface area contributed by atoms with Gasteiger partial charge in [0.1, 0.15) is 11.4 Å². The van der Waals surface area contributed by atoms with Crippen LogP contribution in [0.2, 0.25) is 5.02 Å². The normalized spacial score (nSPS) is 18.5. The Balaban J connectivity index is 1.28. The number of ether oxygens (including phenoxy) is 1. The van der Waals surface area contributed by atoms with E-state index in [1.807, 2.05) is 17.7 Å². The Morgan fingerprint density at radius 1 is 1.10 bits per heavy atom. The molecular weight excluding hydrogens is 691 g/mol. The molecule has 1 aromatic heterocycles. The van der Waals surface area contributed by atoms with E-state index < -0.39 is 33.5 Å². The van der Waals surface area contributed by atoms with E-state index in [-0.39, 0.29) is 54.0 Å². The molecule has 2 aromatic carbocycles. The Morgan fingerprint density at radius 2 is 1.82 bits per heavy atom. The number of fused-ring (bicyclic) bond motifs is 3. The number of methoxy groups -OCH3 is 1. The van der Waals surface area contributed by atoms with Crippen molar-refractivity contribution in [3.63, 3.8) is 0 Å². The van der Waals surface area contributed by atoms with E-state index >= 15 is 4.39 Å². The summed E-state index contributed by atoms with van der Waals surface area (Å²) in [7, 11) is 4.15. The van der Waals surface area contributed by atoms with Gasteiger partial charge in [0.05, 0.1) is 46.6 Å². The summed E-state index contributed by atoms with van der Waals surface area (Å²) in [6.07, 6.45) is 1.67. The van der Waals surface area contributed by atoms with E-state index in [9.17, 15) is 22.8 Å². The highest BCUT2D eigenvalue weighted by Crippen LogP contribution is 2.39. The first-order valence-corrected chi connectivity index (χ1v) is 18.3. The fourth-order valence-corrected chi connectivity index (χ4v) is 8.26. The molecule has 50 heavy (non-hydrogen) atoms. The van der Waals surface area contributed by atoms with Crippen molar-refractivity contribution in [3.05, 3.63) is 67.3 Å². The van der Waals surface area contributed by atoms with Crippen LogP contribution in [0.15, 0.2) is 27.4 Å². The minimum atomic E-state index is -4.15. The van der Waals surface area contributed by atoms with Gasteiger partial charge in [-0.2, -0.15) is 12.7 Å². The third-order valence-corrected chi connectivity index (χ3v) is 11.8. The van der Waals surface area contributed by atoms with Crippen LogP contribution < -0.4 is 20.1 Å². The number of piperazine rings is 1. The van der Waals surface area contributed by atoms with Crippen LogP contribution in [0.3, 0.4) is 0 Å². The SMILES string of the molecule is COC[C@H]1CN(c2cc(Cl)c3c4c(c(=O)oc3c2C)CN(C(=O)c2cc(N(C)C)c(C(=O)NS(=O)(=O)N(C)C3CC3)cc2F)CC4)CCN1C. The lowest BCUT2D eigenvalue weighted by atomic mass is 9.94. The van der Waals surface area contributed by atoms with Gasteiger partial charge < -0.3 is 23.9 Å². The van der Waals surface area contributed by atoms with E-state index in [0.29, 0.717) is 47.5 Å². The summed E-state index contributed by atoms with van der Waals surface area (Å²) in [4.78, 5) is 47.7. The lowest BCUT2D eigenvalue weighted by Gasteiger charge is -2.41. The number of hydrogen-bond donors (Lipinski definition) is 1. The molecule has 3 aromatic rings. The smallest absolute Gasteiger partial charge is 0.341 e. The summed E-state index contributed by atoms with van der Waals surface area (Å²) >= 11 is 6.92. The van der Waals surface area contributed by atoms with Crippen LogP contribution in [-0.4, -0.2) is 115 Å². The average Bonchev–Trinajstić information content (AvgIpc) is 3.92. The third-order valence-electron chi connectivity index (χ3n) is 10.0. The number of carbonyl (C=O) groups excluding carboxylic acids is 2. The predicted octanol–water partition coefficient (Wildman–Crippen LogP) is 2.99. The van der Waals surface area contributed by atoms with Gasteiger partial charge in [-0.25, -0.2) is 13.9 Å². The second kappa shape index (κ2) is 13.8. The minimum absolute atomic E-state index is 0.133. The van der Waals surface area contributed by atoms with E-state index in [1.54, 1.807) is 21.2 Å². The van der Waals surface area contributed by atoms with Crippen molar-refractivity contribution < 1.29 is 31.6 Å². The Hall–Kier alpha value is -3.76. The topological polar surface area (TPSA) is 136 Å². The van der Waals surface area contributed by atoms with Crippen LogP contribution in [0.5, 0.6) is 0 Å². The molecule has 3 aliphatic rings. The van der Waals surface area contributed by atoms with Crippen molar-refractivity contribution >= 4 is 56.0 Å². The highest BCUT2D eigenvalue weighted by molar-refractivity contribution is 7.87. The second-order valence-corrected chi connectivity index (χ2v) is 15.6. The van der Waals surface area contributed by atoms with Crippen molar-refractivity contribution in [3.8, 4) is 0 Å². The molecular formula is C34H42ClFN6O7S. The lowest BCUT2D eigenvalue weighted by molar-refractivity contribution is 0.0727. The summed E-state index contributed by atoms with van der Waals surface area (Å²) in [6.45, 7) is 4.82. The van der Waals surface area contributed by atoms with Crippen molar-refractivity contribution in [1.29, 1.82) is 0 Å². The zero-order valence-electron chi connectivity index (χ0n) is 29.0. The number of benzene rings is 2. The Labute approximate surface area is 295 Å². The molecule has 1 aliphatic carbocycles. The highest BCUT2D eigenvalue weighted by Gasteiger charge is 2.36. The Bertz CT molecular complexity index is 2040. The predicted molar refractivity (Wildman–Crippen MR) is 189 cm³/mol. The first-order chi connectivity index (χ1) is 23.6. The van der Waals surface area contributed by atoms with Crippen LogP contribution in [-0.2, 0) is 27.9 Å². The first-order valence-electron chi connectivity index (χ1n) is 16.4. The number of halogens is 2. The summed E-state index contributed by atoms with van der Waals surface area (Å²) in [5.41, 5.74) is 2.00. The largest absolute Gasteiger partial charge is 0.422 e. The average molecular weight is 733 g/mol. The highest BCUT2D eigenvalue weighted by atomic mass is 35.5. The van der Waals surface area contributed by atoms with Crippen molar-refractivity contribution in [2.45, 2.75) is 44.8 Å². The van der Waals surface area contributed by atoms with E-state index in [1.165, 1.54) is 22.9 Å². The number of amides is 2.